The van der Waals surface area contributed by atoms with Crippen LogP contribution in [0.1, 0.15) is 22.7 Å². The molecule has 0 saturated carbocycles. The van der Waals surface area contributed by atoms with Crippen LogP contribution in [0.25, 0.3) is 0 Å². The van der Waals surface area contributed by atoms with Crippen LogP contribution in [-0.4, -0.2) is 0 Å². The molecule has 2 rings (SSSR count). The molecule has 0 aliphatic rings. The van der Waals surface area contributed by atoms with Gasteiger partial charge in [0.25, 0.3) is 0 Å². The summed E-state index contributed by atoms with van der Waals surface area (Å²) in [5, 5.41) is 0. The fourth-order valence-electron chi connectivity index (χ4n) is 1.98. The molecule has 1 unspecified atom stereocenters. The molecule has 1 nitrogen and oxygen atoms in total. The third kappa shape index (κ3) is 4.04. The number of hydrogen-bond donors (Lipinski definition) is 1. The Morgan fingerprint density at radius 1 is 1.10 bits per heavy atom. The van der Waals surface area contributed by atoms with Crippen LogP contribution >= 0.6 is 15.9 Å². The Morgan fingerprint density at radius 3 is 2.43 bits per heavy atom. The highest BCUT2D eigenvalue weighted by Crippen LogP contribution is 2.31. The Balaban J connectivity index is 2.20. The third-order valence-electron chi connectivity index (χ3n) is 3.08. The molecular weight excluding hydrogens is 350 g/mol. The number of rotatable bonds is 3. The molecule has 21 heavy (non-hydrogen) atoms. The van der Waals surface area contributed by atoms with Crippen LogP contribution in [0, 0.1) is 5.82 Å². The average molecular weight is 362 g/mol. The van der Waals surface area contributed by atoms with Crippen LogP contribution in [0.2, 0.25) is 0 Å². The van der Waals surface area contributed by atoms with Gasteiger partial charge in [0.15, 0.2) is 0 Å². The van der Waals surface area contributed by atoms with Gasteiger partial charge < -0.3 is 5.73 Å². The summed E-state index contributed by atoms with van der Waals surface area (Å²) < 4.78 is 51.4. The maximum absolute atomic E-state index is 13.1. The number of benzene rings is 2. The van der Waals surface area contributed by atoms with Crippen molar-refractivity contribution in [3.8, 4) is 0 Å². The quantitative estimate of drug-likeness (QED) is 0.777. The van der Waals surface area contributed by atoms with Crippen molar-refractivity contribution in [2.24, 2.45) is 5.73 Å². The number of alkyl halides is 3. The van der Waals surface area contributed by atoms with E-state index in [1.807, 2.05) is 0 Å². The van der Waals surface area contributed by atoms with E-state index in [1.54, 1.807) is 18.2 Å². The lowest BCUT2D eigenvalue weighted by Gasteiger charge is -2.15. The zero-order valence-corrected chi connectivity index (χ0v) is 12.4. The minimum atomic E-state index is -4.39. The predicted octanol–water partition coefficient (Wildman–Crippen LogP) is 4.85. The van der Waals surface area contributed by atoms with Gasteiger partial charge in [-0.1, -0.05) is 18.2 Å². The van der Waals surface area contributed by atoms with Crippen LogP contribution in [-0.2, 0) is 12.6 Å². The second-order valence-corrected chi connectivity index (χ2v) is 5.54. The zero-order valence-electron chi connectivity index (χ0n) is 10.8. The van der Waals surface area contributed by atoms with Crippen LogP contribution in [0.5, 0.6) is 0 Å². The Bertz CT molecular complexity index is 640. The maximum atomic E-state index is 13.1. The Morgan fingerprint density at radius 2 is 1.81 bits per heavy atom. The van der Waals surface area contributed by atoms with Crippen LogP contribution in [0.4, 0.5) is 17.6 Å². The van der Waals surface area contributed by atoms with Gasteiger partial charge in [-0.15, -0.1) is 0 Å². The topological polar surface area (TPSA) is 26.0 Å². The molecule has 0 bridgehead atoms. The van der Waals surface area contributed by atoms with Gasteiger partial charge in [0.05, 0.1) is 10.0 Å². The highest BCUT2D eigenvalue weighted by atomic mass is 79.9. The molecule has 0 radical (unpaired) electrons. The van der Waals surface area contributed by atoms with E-state index in [0.717, 1.165) is 17.7 Å². The summed E-state index contributed by atoms with van der Waals surface area (Å²) in [7, 11) is 0. The molecule has 0 fully saturated rings. The van der Waals surface area contributed by atoms with E-state index < -0.39 is 23.6 Å². The van der Waals surface area contributed by atoms with E-state index >= 15 is 0 Å². The second-order valence-electron chi connectivity index (χ2n) is 4.68. The van der Waals surface area contributed by atoms with Crippen molar-refractivity contribution in [1.29, 1.82) is 0 Å². The molecule has 0 saturated heterocycles. The lowest BCUT2D eigenvalue weighted by molar-refractivity contribution is -0.137. The molecule has 0 aliphatic carbocycles. The first-order chi connectivity index (χ1) is 9.77. The predicted molar refractivity (Wildman–Crippen MR) is 76.2 cm³/mol. The molecule has 112 valence electrons. The fraction of sp³-hybridized carbons (Fsp3) is 0.200. The van der Waals surface area contributed by atoms with Crippen molar-refractivity contribution in [3.05, 3.63) is 69.4 Å². The zero-order chi connectivity index (χ0) is 15.6. The molecule has 2 N–H and O–H groups in total. The first-order valence-electron chi connectivity index (χ1n) is 6.14. The summed E-state index contributed by atoms with van der Waals surface area (Å²) in [6.07, 6.45) is -4.07. The summed E-state index contributed by atoms with van der Waals surface area (Å²) in [6, 6.07) is 8.77. The molecule has 1 atom stereocenters. The Labute approximate surface area is 127 Å². The van der Waals surface area contributed by atoms with E-state index in [9.17, 15) is 17.6 Å². The smallest absolute Gasteiger partial charge is 0.324 e. The van der Waals surface area contributed by atoms with Gasteiger partial charge in [-0.2, -0.15) is 13.2 Å². The molecule has 0 aliphatic heterocycles. The van der Waals surface area contributed by atoms with Crippen molar-refractivity contribution in [2.45, 2.75) is 18.6 Å². The average Bonchev–Trinajstić information content (AvgIpc) is 2.42. The normalized spacial score (nSPS) is 13.2. The van der Waals surface area contributed by atoms with E-state index in [0.29, 0.717) is 16.5 Å². The van der Waals surface area contributed by atoms with Crippen LogP contribution in [0.3, 0.4) is 0 Å². The van der Waals surface area contributed by atoms with Gasteiger partial charge >= 0.3 is 6.18 Å². The van der Waals surface area contributed by atoms with Gasteiger partial charge in [-0.05, 0) is 57.7 Å². The highest BCUT2D eigenvalue weighted by Gasteiger charge is 2.30. The SMILES string of the molecule is NC(Cc1ccc(F)c(Br)c1)c1cccc(C(F)(F)F)c1. The summed E-state index contributed by atoms with van der Waals surface area (Å²) in [6.45, 7) is 0. The van der Waals surface area contributed by atoms with E-state index in [1.165, 1.54) is 12.1 Å². The highest BCUT2D eigenvalue weighted by molar-refractivity contribution is 9.10. The van der Waals surface area contributed by atoms with Gasteiger partial charge in [-0.25, -0.2) is 4.39 Å². The number of halogens is 5. The number of nitrogens with two attached hydrogens (primary N) is 1. The van der Waals surface area contributed by atoms with Crippen molar-refractivity contribution in [3.63, 3.8) is 0 Å². The minimum Gasteiger partial charge on any atom is -0.324 e. The Kier molecular flexibility index (Phi) is 4.68. The van der Waals surface area contributed by atoms with Crippen molar-refractivity contribution >= 4 is 15.9 Å². The molecule has 0 amide bonds. The first-order valence-corrected chi connectivity index (χ1v) is 6.93. The molecular formula is C15H12BrF4N. The second kappa shape index (κ2) is 6.15. The number of hydrogen-bond acceptors (Lipinski definition) is 1. The van der Waals surface area contributed by atoms with Crippen molar-refractivity contribution in [2.75, 3.05) is 0 Å². The maximum Gasteiger partial charge on any atom is 0.416 e. The van der Waals surface area contributed by atoms with Gasteiger partial charge in [0.1, 0.15) is 5.82 Å². The van der Waals surface area contributed by atoms with Gasteiger partial charge in [-0.3, -0.25) is 0 Å². The van der Waals surface area contributed by atoms with Crippen molar-refractivity contribution in [1.82, 2.24) is 0 Å². The summed E-state index contributed by atoms with van der Waals surface area (Å²) >= 11 is 3.07. The van der Waals surface area contributed by atoms with E-state index in [2.05, 4.69) is 15.9 Å². The molecule has 0 spiro atoms. The standard InChI is InChI=1S/C15H12BrF4N/c16-12-6-9(4-5-13(12)17)7-14(21)10-2-1-3-11(8-10)15(18,19)20/h1-6,8,14H,7,21H2. The molecule has 6 heteroatoms. The molecule has 2 aromatic rings. The molecule has 0 heterocycles. The molecule has 2 aromatic carbocycles. The fourth-order valence-corrected chi connectivity index (χ4v) is 2.41. The molecule has 0 aromatic heterocycles. The minimum absolute atomic E-state index is 0.302. The summed E-state index contributed by atoms with van der Waals surface area (Å²) in [5.41, 5.74) is 6.36. The lowest BCUT2D eigenvalue weighted by atomic mass is 9.98. The monoisotopic (exact) mass is 361 g/mol. The third-order valence-corrected chi connectivity index (χ3v) is 3.69. The van der Waals surface area contributed by atoms with Gasteiger partial charge in [0, 0.05) is 6.04 Å². The van der Waals surface area contributed by atoms with Crippen LogP contribution < -0.4 is 5.73 Å². The van der Waals surface area contributed by atoms with Crippen LogP contribution in [0.15, 0.2) is 46.9 Å². The summed E-state index contributed by atoms with van der Waals surface area (Å²) in [4.78, 5) is 0. The summed E-state index contributed by atoms with van der Waals surface area (Å²) in [5.74, 6) is -0.397. The Hall–Kier alpha value is -1.40. The van der Waals surface area contributed by atoms with Crippen molar-refractivity contribution < 1.29 is 17.6 Å². The van der Waals surface area contributed by atoms with Gasteiger partial charge in [0.2, 0.25) is 0 Å². The largest absolute Gasteiger partial charge is 0.416 e. The lowest BCUT2D eigenvalue weighted by Crippen LogP contribution is -2.15. The van der Waals surface area contributed by atoms with E-state index in [4.69, 9.17) is 5.73 Å². The van der Waals surface area contributed by atoms with E-state index in [-0.39, 0.29) is 0 Å². The first kappa shape index (κ1) is 16.0.